The molecule has 24 heavy (non-hydrogen) atoms. The third-order valence-corrected chi connectivity index (χ3v) is 4.16. The Morgan fingerprint density at radius 2 is 2.38 bits per heavy atom. The van der Waals surface area contributed by atoms with Crippen LogP contribution >= 0.6 is 0 Å². The maximum atomic E-state index is 12.0. The van der Waals surface area contributed by atoms with E-state index in [1.165, 1.54) is 0 Å². The van der Waals surface area contributed by atoms with Crippen molar-refractivity contribution in [2.24, 2.45) is 0 Å². The second kappa shape index (κ2) is 7.33. The summed E-state index contributed by atoms with van der Waals surface area (Å²) in [6, 6.07) is 7.52. The van der Waals surface area contributed by atoms with Crippen molar-refractivity contribution in [3.8, 4) is 17.1 Å². The third-order valence-electron chi connectivity index (χ3n) is 4.16. The Morgan fingerprint density at radius 3 is 3.17 bits per heavy atom. The van der Waals surface area contributed by atoms with E-state index in [4.69, 9.17) is 9.26 Å². The number of rotatable bonds is 4. The monoisotopic (exact) mass is 330 g/mol. The summed E-state index contributed by atoms with van der Waals surface area (Å²) >= 11 is 0. The van der Waals surface area contributed by atoms with E-state index in [2.05, 4.69) is 15.5 Å². The lowest BCUT2D eigenvalue weighted by atomic mass is 9.98. The topological polar surface area (TPSA) is 80.5 Å². The van der Waals surface area contributed by atoms with Gasteiger partial charge in [0, 0.05) is 25.2 Å². The van der Waals surface area contributed by atoms with E-state index < -0.39 is 0 Å². The van der Waals surface area contributed by atoms with Crippen LogP contribution in [0, 0.1) is 0 Å². The molecule has 2 amide bonds. The molecular weight excluding hydrogens is 308 g/mol. The number of amides is 2. The van der Waals surface area contributed by atoms with Gasteiger partial charge >= 0.3 is 6.03 Å². The number of aromatic nitrogens is 2. The molecule has 1 aromatic heterocycles. The van der Waals surface area contributed by atoms with Crippen LogP contribution in [0.1, 0.15) is 31.6 Å². The average Bonchev–Trinajstić information content (AvgIpc) is 3.12. The van der Waals surface area contributed by atoms with Crippen LogP contribution in [0.25, 0.3) is 11.4 Å². The number of piperidine rings is 1. The van der Waals surface area contributed by atoms with Crippen LogP contribution in [-0.2, 0) is 0 Å². The molecule has 0 radical (unpaired) electrons. The highest BCUT2D eigenvalue weighted by Crippen LogP contribution is 2.28. The van der Waals surface area contributed by atoms with E-state index in [9.17, 15) is 4.79 Å². The molecule has 128 valence electrons. The van der Waals surface area contributed by atoms with Gasteiger partial charge in [0.1, 0.15) is 5.75 Å². The summed E-state index contributed by atoms with van der Waals surface area (Å²) in [7, 11) is 1.62. The van der Waals surface area contributed by atoms with E-state index in [1.807, 2.05) is 36.1 Å². The number of nitrogens with one attached hydrogen (secondary N) is 1. The van der Waals surface area contributed by atoms with Crippen molar-refractivity contribution >= 4 is 6.03 Å². The standard InChI is InChI=1S/C17H22N4O3/c1-3-18-17(22)21-9-5-7-13(11-21)16-19-15(20-24-16)12-6-4-8-14(10-12)23-2/h4,6,8,10,13H,3,5,7,9,11H2,1-2H3,(H,18,22)/t13-/m1/s1. The second-order valence-corrected chi connectivity index (χ2v) is 5.81. The molecular formula is C17H22N4O3. The van der Waals surface area contributed by atoms with Crippen LogP contribution in [0.4, 0.5) is 4.79 Å². The molecule has 1 fully saturated rings. The van der Waals surface area contributed by atoms with Crippen molar-refractivity contribution in [2.75, 3.05) is 26.7 Å². The Hall–Kier alpha value is -2.57. The van der Waals surface area contributed by atoms with Crippen LogP contribution in [0.3, 0.4) is 0 Å². The van der Waals surface area contributed by atoms with Crippen molar-refractivity contribution in [1.82, 2.24) is 20.4 Å². The summed E-state index contributed by atoms with van der Waals surface area (Å²) in [4.78, 5) is 18.3. The fraction of sp³-hybridized carbons (Fsp3) is 0.471. The van der Waals surface area contributed by atoms with Crippen molar-refractivity contribution in [1.29, 1.82) is 0 Å². The summed E-state index contributed by atoms with van der Waals surface area (Å²) in [5.41, 5.74) is 0.848. The number of hydrogen-bond acceptors (Lipinski definition) is 5. The van der Waals surface area contributed by atoms with Crippen LogP contribution in [0.5, 0.6) is 5.75 Å². The van der Waals surface area contributed by atoms with Crippen molar-refractivity contribution in [2.45, 2.75) is 25.7 Å². The smallest absolute Gasteiger partial charge is 0.317 e. The molecule has 1 aliphatic rings. The Labute approximate surface area is 141 Å². The predicted molar refractivity (Wildman–Crippen MR) is 88.9 cm³/mol. The first-order valence-corrected chi connectivity index (χ1v) is 8.22. The van der Waals surface area contributed by atoms with E-state index >= 15 is 0 Å². The lowest BCUT2D eigenvalue weighted by molar-refractivity contribution is 0.172. The van der Waals surface area contributed by atoms with Gasteiger partial charge in [-0.3, -0.25) is 0 Å². The minimum absolute atomic E-state index is 0.0327. The summed E-state index contributed by atoms with van der Waals surface area (Å²) in [5.74, 6) is 1.95. The minimum Gasteiger partial charge on any atom is -0.497 e. The number of carbonyl (C=O) groups excluding carboxylic acids is 1. The Balaban J connectivity index is 1.74. The minimum atomic E-state index is -0.0327. The molecule has 0 saturated carbocycles. The molecule has 1 saturated heterocycles. The summed E-state index contributed by atoms with van der Waals surface area (Å²) < 4.78 is 10.7. The van der Waals surface area contributed by atoms with E-state index in [0.717, 1.165) is 30.7 Å². The number of carbonyl (C=O) groups is 1. The summed E-state index contributed by atoms with van der Waals surface area (Å²) in [6.45, 7) is 3.91. The first kappa shape index (κ1) is 16.3. The molecule has 3 rings (SSSR count). The fourth-order valence-corrected chi connectivity index (χ4v) is 2.91. The highest BCUT2D eigenvalue weighted by molar-refractivity contribution is 5.74. The predicted octanol–water partition coefficient (Wildman–Crippen LogP) is 2.65. The fourth-order valence-electron chi connectivity index (χ4n) is 2.91. The SMILES string of the molecule is CCNC(=O)N1CCC[C@@H](c2nc(-c3cccc(OC)c3)no2)C1. The number of benzene rings is 1. The van der Waals surface area contributed by atoms with Gasteiger partial charge in [0.2, 0.25) is 11.7 Å². The number of ether oxygens (including phenoxy) is 1. The van der Waals surface area contributed by atoms with Gasteiger partial charge in [0.15, 0.2) is 0 Å². The van der Waals surface area contributed by atoms with Gasteiger partial charge in [0.05, 0.1) is 13.0 Å². The zero-order valence-corrected chi connectivity index (χ0v) is 14.0. The lowest BCUT2D eigenvalue weighted by Crippen LogP contribution is -2.44. The molecule has 0 aliphatic carbocycles. The molecule has 7 nitrogen and oxygen atoms in total. The van der Waals surface area contributed by atoms with Crippen molar-refractivity contribution < 1.29 is 14.1 Å². The average molecular weight is 330 g/mol. The van der Waals surface area contributed by atoms with Gasteiger partial charge in [-0.15, -0.1) is 0 Å². The highest BCUT2D eigenvalue weighted by Gasteiger charge is 2.28. The first-order chi connectivity index (χ1) is 11.7. The van der Waals surface area contributed by atoms with Gasteiger partial charge in [-0.2, -0.15) is 4.98 Å². The summed E-state index contributed by atoms with van der Waals surface area (Å²) in [6.07, 6.45) is 1.87. The van der Waals surface area contributed by atoms with Crippen molar-refractivity contribution in [3.05, 3.63) is 30.2 Å². The van der Waals surface area contributed by atoms with E-state index in [-0.39, 0.29) is 11.9 Å². The quantitative estimate of drug-likeness (QED) is 0.932. The number of hydrogen-bond donors (Lipinski definition) is 1. The zero-order valence-electron chi connectivity index (χ0n) is 14.0. The van der Waals surface area contributed by atoms with Crippen LogP contribution in [-0.4, -0.2) is 47.8 Å². The Kier molecular flexibility index (Phi) is 4.98. The summed E-state index contributed by atoms with van der Waals surface area (Å²) in [5, 5.41) is 6.92. The maximum Gasteiger partial charge on any atom is 0.317 e. The maximum absolute atomic E-state index is 12.0. The number of methoxy groups -OCH3 is 1. The van der Waals surface area contributed by atoms with Crippen LogP contribution in [0.2, 0.25) is 0 Å². The van der Waals surface area contributed by atoms with Gasteiger partial charge in [-0.1, -0.05) is 17.3 Å². The van der Waals surface area contributed by atoms with Gasteiger partial charge in [0.25, 0.3) is 0 Å². The Bertz CT molecular complexity index is 701. The van der Waals surface area contributed by atoms with Gasteiger partial charge in [-0.05, 0) is 31.9 Å². The molecule has 2 heterocycles. The highest BCUT2D eigenvalue weighted by atomic mass is 16.5. The lowest BCUT2D eigenvalue weighted by Gasteiger charge is -2.30. The molecule has 0 spiro atoms. The second-order valence-electron chi connectivity index (χ2n) is 5.81. The van der Waals surface area contributed by atoms with Gasteiger partial charge in [-0.25, -0.2) is 4.79 Å². The van der Waals surface area contributed by atoms with Crippen LogP contribution in [0.15, 0.2) is 28.8 Å². The molecule has 1 atom stereocenters. The molecule has 2 aromatic rings. The van der Waals surface area contributed by atoms with Gasteiger partial charge < -0.3 is 19.5 Å². The molecule has 7 heteroatoms. The number of urea groups is 1. The normalized spacial score (nSPS) is 17.6. The largest absolute Gasteiger partial charge is 0.497 e. The molecule has 1 N–H and O–H groups in total. The zero-order chi connectivity index (χ0) is 16.9. The van der Waals surface area contributed by atoms with E-state index in [0.29, 0.717) is 24.8 Å². The van der Waals surface area contributed by atoms with Crippen molar-refractivity contribution in [3.63, 3.8) is 0 Å². The molecule has 1 aromatic carbocycles. The number of likely N-dealkylation sites (tertiary alicyclic amines) is 1. The Morgan fingerprint density at radius 1 is 1.50 bits per heavy atom. The van der Waals surface area contributed by atoms with Crippen LogP contribution < -0.4 is 10.1 Å². The molecule has 1 aliphatic heterocycles. The molecule has 0 unspecified atom stereocenters. The first-order valence-electron chi connectivity index (χ1n) is 8.22. The molecule has 0 bridgehead atoms. The third kappa shape index (κ3) is 3.50. The number of nitrogens with zero attached hydrogens (tertiary/aromatic N) is 3. The van der Waals surface area contributed by atoms with E-state index in [1.54, 1.807) is 7.11 Å².